The van der Waals surface area contributed by atoms with Gasteiger partial charge in [0.2, 0.25) is 10.0 Å². The van der Waals surface area contributed by atoms with Crippen LogP contribution in [0, 0.1) is 13.8 Å². The fourth-order valence-corrected chi connectivity index (χ4v) is 4.04. The molecule has 0 amide bonds. The summed E-state index contributed by atoms with van der Waals surface area (Å²) < 4.78 is 38.6. The summed E-state index contributed by atoms with van der Waals surface area (Å²) in [6.07, 6.45) is 0. The van der Waals surface area contributed by atoms with Crippen LogP contribution < -0.4 is 14.2 Å². The van der Waals surface area contributed by atoms with E-state index in [-0.39, 0.29) is 0 Å². The topological polar surface area (TPSA) is 64.6 Å². The molecule has 2 rings (SSSR count). The van der Waals surface area contributed by atoms with Gasteiger partial charge in [0.15, 0.2) is 11.5 Å². The van der Waals surface area contributed by atoms with E-state index in [1.165, 1.54) is 0 Å². The van der Waals surface area contributed by atoms with Crippen LogP contribution in [0.15, 0.2) is 41.3 Å². The minimum absolute atomic E-state index is 0.301. The summed E-state index contributed by atoms with van der Waals surface area (Å²) in [5.41, 5.74) is 2.41. The number of aryl methyl sites for hydroxylation is 2. The Bertz CT molecular complexity index is 831. The molecule has 6 heteroatoms. The Kier molecular flexibility index (Phi) is 5.51. The van der Waals surface area contributed by atoms with Crippen molar-refractivity contribution in [1.82, 2.24) is 4.72 Å². The maximum Gasteiger partial charge on any atom is 0.241 e. The van der Waals surface area contributed by atoms with Crippen LogP contribution in [0.25, 0.3) is 0 Å². The van der Waals surface area contributed by atoms with Gasteiger partial charge < -0.3 is 9.47 Å². The Balaban J connectivity index is 2.31. The Labute approximate surface area is 143 Å². The molecule has 2 aromatic carbocycles. The lowest BCUT2D eigenvalue weighted by molar-refractivity contribution is 0.354. The predicted octanol–water partition coefficient (Wildman–Crippen LogP) is 3.36. The lowest BCUT2D eigenvalue weighted by Crippen LogP contribution is -2.27. The Morgan fingerprint density at radius 1 is 0.958 bits per heavy atom. The van der Waals surface area contributed by atoms with E-state index in [1.54, 1.807) is 46.3 Å². The van der Waals surface area contributed by atoms with Crippen molar-refractivity contribution in [3.63, 3.8) is 0 Å². The molecule has 0 aliphatic heterocycles. The number of hydrogen-bond donors (Lipinski definition) is 1. The predicted molar refractivity (Wildman–Crippen MR) is 94.2 cm³/mol. The van der Waals surface area contributed by atoms with Gasteiger partial charge in [-0.1, -0.05) is 18.2 Å². The SMILES string of the molecule is COc1ccc(C(C)NS(=O)(=O)c2cc(C)ccc2C)cc1OC. The molecule has 1 N–H and O–H groups in total. The van der Waals surface area contributed by atoms with Crippen LogP contribution in [-0.2, 0) is 10.0 Å². The van der Waals surface area contributed by atoms with E-state index in [4.69, 9.17) is 9.47 Å². The van der Waals surface area contributed by atoms with E-state index >= 15 is 0 Å². The highest BCUT2D eigenvalue weighted by molar-refractivity contribution is 7.89. The van der Waals surface area contributed by atoms with Gasteiger partial charge in [0.1, 0.15) is 0 Å². The first-order valence-corrected chi connectivity index (χ1v) is 9.08. The van der Waals surface area contributed by atoms with Gasteiger partial charge in [-0.05, 0) is 55.7 Å². The van der Waals surface area contributed by atoms with Gasteiger partial charge in [0.05, 0.1) is 19.1 Å². The normalized spacial score (nSPS) is 12.7. The number of benzene rings is 2. The third-order valence-electron chi connectivity index (χ3n) is 3.87. The third-order valence-corrected chi connectivity index (χ3v) is 5.56. The summed E-state index contributed by atoms with van der Waals surface area (Å²) in [4.78, 5) is 0.301. The molecule has 130 valence electrons. The first-order chi connectivity index (χ1) is 11.3. The number of sulfonamides is 1. The van der Waals surface area contributed by atoms with Crippen molar-refractivity contribution in [2.75, 3.05) is 14.2 Å². The van der Waals surface area contributed by atoms with E-state index < -0.39 is 16.1 Å². The highest BCUT2D eigenvalue weighted by Crippen LogP contribution is 2.30. The van der Waals surface area contributed by atoms with Gasteiger partial charge in [-0.25, -0.2) is 13.1 Å². The summed E-state index contributed by atoms with van der Waals surface area (Å²) in [5.74, 6) is 1.17. The number of ether oxygens (including phenoxy) is 2. The summed E-state index contributed by atoms with van der Waals surface area (Å²) in [7, 11) is -0.510. The van der Waals surface area contributed by atoms with Crippen LogP contribution in [0.4, 0.5) is 0 Å². The zero-order valence-electron chi connectivity index (χ0n) is 14.6. The maximum absolute atomic E-state index is 12.7. The molecule has 0 fully saturated rings. The second-order valence-corrected chi connectivity index (χ2v) is 7.41. The lowest BCUT2D eigenvalue weighted by Gasteiger charge is -2.18. The van der Waals surface area contributed by atoms with Crippen molar-refractivity contribution in [2.45, 2.75) is 31.7 Å². The third kappa shape index (κ3) is 3.88. The second kappa shape index (κ2) is 7.23. The van der Waals surface area contributed by atoms with Crippen molar-refractivity contribution < 1.29 is 17.9 Å². The number of hydrogen-bond acceptors (Lipinski definition) is 4. The minimum atomic E-state index is -3.62. The lowest BCUT2D eigenvalue weighted by atomic mass is 10.1. The fraction of sp³-hybridized carbons (Fsp3) is 0.333. The van der Waals surface area contributed by atoms with Crippen LogP contribution in [0.5, 0.6) is 11.5 Å². The van der Waals surface area contributed by atoms with Crippen LogP contribution >= 0.6 is 0 Å². The van der Waals surface area contributed by atoms with E-state index in [9.17, 15) is 8.42 Å². The summed E-state index contributed by atoms with van der Waals surface area (Å²) in [5, 5.41) is 0. The monoisotopic (exact) mass is 349 g/mol. The molecular weight excluding hydrogens is 326 g/mol. The van der Waals surface area contributed by atoms with Gasteiger partial charge >= 0.3 is 0 Å². The van der Waals surface area contributed by atoms with Crippen LogP contribution in [0.1, 0.15) is 29.7 Å². The van der Waals surface area contributed by atoms with Crippen molar-refractivity contribution in [2.24, 2.45) is 0 Å². The van der Waals surface area contributed by atoms with Crippen molar-refractivity contribution in [3.8, 4) is 11.5 Å². The molecule has 0 heterocycles. The first kappa shape index (κ1) is 18.3. The molecule has 0 aliphatic rings. The molecular formula is C18H23NO4S. The molecule has 5 nitrogen and oxygen atoms in total. The van der Waals surface area contributed by atoms with Crippen LogP contribution in [0.2, 0.25) is 0 Å². The molecule has 0 saturated heterocycles. The number of nitrogens with one attached hydrogen (secondary N) is 1. The molecule has 0 aromatic heterocycles. The van der Waals surface area contributed by atoms with Gasteiger partial charge in [0.25, 0.3) is 0 Å². The smallest absolute Gasteiger partial charge is 0.241 e. The van der Waals surface area contributed by atoms with E-state index in [0.29, 0.717) is 22.0 Å². The second-order valence-electron chi connectivity index (χ2n) is 5.73. The minimum Gasteiger partial charge on any atom is -0.493 e. The Morgan fingerprint density at radius 3 is 2.25 bits per heavy atom. The van der Waals surface area contributed by atoms with Crippen molar-refractivity contribution in [3.05, 3.63) is 53.1 Å². The molecule has 0 bridgehead atoms. The van der Waals surface area contributed by atoms with Crippen molar-refractivity contribution in [1.29, 1.82) is 0 Å². The average molecular weight is 349 g/mol. The van der Waals surface area contributed by atoms with E-state index in [1.807, 2.05) is 25.1 Å². The molecule has 1 unspecified atom stereocenters. The average Bonchev–Trinajstić information content (AvgIpc) is 2.55. The maximum atomic E-state index is 12.7. The number of methoxy groups -OCH3 is 2. The molecule has 24 heavy (non-hydrogen) atoms. The highest BCUT2D eigenvalue weighted by atomic mass is 32.2. The molecule has 0 radical (unpaired) electrons. The van der Waals surface area contributed by atoms with Gasteiger partial charge in [-0.3, -0.25) is 0 Å². The largest absolute Gasteiger partial charge is 0.493 e. The standard InChI is InChI=1S/C18H23NO4S/c1-12-6-7-13(2)18(10-12)24(20,21)19-14(3)15-8-9-16(22-4)17(11-15)23-5/h6-11,14,19H,1-5H3. The van der Waals surface area contributed by atoms with Crippen LogP contribution in [0.3, 0.4) is 0 Å². The number of rotatable bonds is 6. The van der Waals surface area contributed by atoms with Crippen molar-refractivity contribution >= 4 is 10.0 Å². The molecule has 1 atom stereocenters. The van der Waals surface area contributed by atoms with E-state index in [0.717, 1.165) is 11.1 Å². The molecule has 0 spiro atoms. The van der Waals surface area contributed by atoms with Gasteiger partial charge in [-0.2, -0.15) is 0 Å². The van der Waals surface area contributed by atoms with E-state index in [2.05, 4.69) is 4.72 Å². The fourth-order valence-electron chi connectivity index (χ4n) is 2.48. The Hall–Kier alpha value is -2.05. The Morgan fingerprint density at radius 2 is 1.62 bits per heavy atom. The summed E-state index contributed by atoms with van der Waals surface area (Å²) in [6.45, 7) is 5.45. The zero-order chi connectivity index (χ0) is 17.9. The molecule has 2 aromatic rings. The highest BCUT2D eigenvalue weighted by Gasteiger charge is 2.21. The quantitative estimate of drug-likeness (QED) is 0.868. The molecule has 0 aliphatic carbocycles. The zero-order valence-corrected chi connectivity index (χ0v) is 15.4. The first-order valence-electron chi connectivity index (χ1n) is 7.60. The summed E-state index contributed by atoms with van der Waals surface area (Å²) in [6, 6.07) is 10.3. The van der Waals surface area contributed by atoms with Crippen LogP contribution in [-0.4, -0.2) is 22.6 Å². The molecule has 0 saturated carbocycles. The van der Waals surface area contributed by atoms with Gasteiger partial charge in [-0.15, -0.1) is 0 Å². The summed E-state index contributed by atoms with van der Waals surface area (Å²) >= 11 is 0. The van der Waals surface area contributed by atoms with Gasteiger partial charge in [0, 0.05) is 6.04 Å².